The maximum absolute atomic E-state index is 12.8. The summed E-state index contributed by atoms with van der Waals surface area (Å²) in [5.41, 5.74) is 1.19. The number of nitrogens with zero attached hydrogens (tertiary/aromatic N) is 1. The van der Waals surface area contributed by atoms with E-state index in [0.29, 0.717) is 29.4 Å². The summed E-state index contributed by atoms with van der Waals surface area (Å²) in [5, 5.41) is 2.43. The number of carbonyl (C=O) groups excluding carboxylic acids is 1. The predicted molar refractivity (Wildman–Crippen MR) is 92.3 cm³/mol. The van der Waals surface area contributed by atoms with E-state index in [1.165, 1.54) is 0 Å². The van der Waals surface area contributed by atoms with Crippen molar-refractivity contribution in [1.29, 1.82) is 0 Å². The van der Waals surface area contributed by atoms with Crippen LogP contribution in [0.1, 0.15) is 20.9 Å². The van der Waals surface area contributed by atoms with E-state index in [4.69, 9.17) is 4.74 Å². The van der Waals surface area contributed by atoms with Crippen molar-refractivity contribution in [3.8, 4) is 5.75 Å². The van der Waals surface area contributed by atoms with Crippen LogP contribution >= 0.6 is 11.3 Å². The third-order valence-corrected chi connectivity index (χ3v) is 4.23. The Morgan fingerprint density at radius 2 is 1.77 bits per heavy atom. The molecule has 0 aliphatic rings. The molecule has 0 saturated heterocycles. The van der Waals surface area contributed by atoms with Gasteiger partial charge < -0.3 is 10.1 Å². The van der Waals surface area contributed by atoms with Crippen molar-refractivity contribution in [2.75, 3.05) is 5.32 Å². The van der Waals surface area contributed by atoms with Crippen molar-refractivity contribution < 1.29 is 22.7 Å². The molecule has 0 spiro atoms. The van der Waals surface area contributed by atoms with Crippen LogP contribution in [0.2, 0.25) is 0 Å². The number of hydrogen-bond donors (Lipinski definition) is 1. The molecular weight excluding hydrogens is 365 g/mol. The number of aromatic nitrogens is 1. The van der Waals surface area contributed by atoms with E-state index < -0.39 is 22.7 Å². The highest BCUT2D eigenvalue weighted by Gasteiger charge is 2.38. The fourth-order valence-corrected chi connectivity index (χ4v) is 2.87. The third kappa shape index (κ3) is 4.40. The molecule has 134 valence electrons. The number of alkyl halides is 3. The van der Waals surface area contributed by atoms with E-state index in [2.05, 4.69) is 10.3 Å². The van der Waals surface area contributed by atoms with Crippen molar-refractivity contribution >= 4 is 22.9 Å². The van der Waals surface area contributed by atoms with Crippen LogP contribution in [0.15, 0.2) is 60.1 Å². The zero-order chi connectivity index (χ0) is 18.6. The van der Waals surface area contributed by atoms with Gasteiger partial charge in [-0.3, -0.25) is 4.79 Å². The minimum absolute atomic E-state index is 0.364. The first kappa shape index (κ1) is 17.9. The number of ether oxygens (including phenoxy) is 1. The molecule has 0 atom stereocenters. The highest BCUT2D eigenvalue weighted by molar-refractivity contribution is 7.12. The molecule has 1 aromatic heterocycles. The topological polar surface area (TPSA) is 51.2 Å². The normalized spacial score (nSPS) is 11.2. The van der Waals surface area contributed by atoms with Crippen LogP contribution in [-0.4, -0.2) is 10.9 Å². The molecule has 2 aromatic carbocycles. The van der Waals surface area contributed by atoms with Crippen molar-refractivity contribution in [3.63, 3.8) is 0 Å². The van der Waals surface area contributed by atoms with Crippen molar-refractivity contribution in [1.82, 2.24) is 4.98 Å². The number of carbonyl (C=O) groups is 1. The fourth-order valence-electron chi connectivity index (χ4n) is 2.17. The smallest absolute Gasteiger partial charge is 0.434 e. The van der Waals surface area contributed by atoms with Crippen LogP contribution in [0, 0.1) is 0 Å². The van der Waals surface area contributed by atoms with Crippen LogP contribution < -0.4 is 10.1 Å². The molecular formula is C18H13F3N2O2S. The second-order valence-electron chi connectivity index (χ2n) is 5.28. The molecule has 8 heteroatoms. The molecule has 26 heavy (non-hydrogen) atoms. The van der Waals surface area contributed by atoms with Crippen LogP contribution in [0.4, 0.5) is 18.9 Å². The zero-order valence-corrected chi connectivity index (χ0v) is 14.1. The van der Waals surface area contributed by atoms with Gasteiger partial charge in [-0.1, -0.05) is 30.3 Å². The van der Waals surface area contributed by atoms with Crippen molar-refractivity contribution in [3.05, 3.63) is 76.2 Å². The highest BCUT2D eigenvalue weighted by Crippen LogP contribution is 2.33. The molecule has 0 aliphatic carbocycles. The lowest BCUT2D eigenvalue weighted by Gasteiger charge is -2.09. The van der Waals surface area contributed by atoms with Gasteiger partial charge in [-0.15, -0.1) is 11.3 Å². The summed E-state index contributed by atoms with van der Waals surface area (Å²) >= 11 is 0.645. The van der Waals surface area contributed by atoms with Gasteiger partial charge in [0.2, 0.25) is 0 Å². The number of hydrogen-bond acceptors (Lipinski definition) is 4. The Hall–Kier alpha value is -2.87. The standard InChI is InChI=1S/C18H13F3N2O2S/c19-18(20,21)16-15(26-11-22-16)17(24)23-13-6-8-14(9-7-13)25-10-12-4-2-1-3-5-12/h1-9,11H,10H2,(H,23,24). The molecule has 3 aromatic rings. The first-order chi connectivity index (χ1) is 12.4. The Balaban J connectivity index is 1.62. The Morgan fingerprint density at radius 3 is 2.42 bits per heavy atom. The molecule has 0 unspecified atom stereocenters. The number of anilines is 1. The average molecular weight is 378 g/mol. The number of thiazole rings is 1. The Kier molecular flexibility index (Phi) is 5.22. The van der Waals surface area contributed by atoms with E-state index in [1.54, 1.807) is 24.3 Å². The Labute approximate surface area is 151 Å². The van der Waals surface area contributed by atoms with Gasteiger partial charge in [0.15, 0.2) is 5.69 Å². The molecule has 4 nitrogen and oxygen atoms in total. The first-order valence-corrected chi connectivity index (χ1v) is 8.40. The van der Waals surface area contributed by atoms with E-state index in [-0.39, 0.29) is 0 Å². The average Bonchev–Trinajstić information content (AvgIpc) is 3.12. The number of halogens is 3. The maximum Gasteiger partial charge on any atom is 0.434 e. The van der Waals surface area contributed by atoms with Gasteiger partial charge in [0.25, 0.3) is 5.91 Å². The lowest BCUT2D eigenvalue weighted by Crippen LogP contribution is -2.17. The Bertz CT molecular complexity index is 877. The molecule has 1 amide bonds. The van der Waals surface area contributed by atoms with Crippen LogP contribution in [0.3, 0.4) is 0 Å². The van der Waals surface area contributed by atoms with Crippen molar-refractivity contribution in [2.24, 2.45) is 0 Å². The van der Waals surface area contributed by atoms with Gasteiger partial charge >= 0.3 is 6.18 Å². The van der Waals surface area contributed by atoms with Crippen LogP contribution in [-0.2, 0) is 12.8 Å². The van der Waals surface area contributed by atoms with E-state index >= 15 is 0 Å². The van der Waals surface area contributed by atoms with Crippen LogP contribution in [0.25, 0.3) is 0 Å². The molecule has 0 fully saturated rings. The minimum atomic E-state index is -4.66. The number of benzene rings is 2. The van der Waals surface area contributed by atoms with E-state index in [0.717, 1.165) is 11.1 Å². The van der Waals surface area contributed by atoms with E-state index in [9.17, 15) is 18.0 Å². The molecule has 0 saturated carbocycles. The summed E-state index contributed by atoms with van der Waals surface area (Å²) < 4.78 is 44.0. The van der Waals surface area contributed by atoms with Crippen molar-refractivity contribution in [2.45, 2.75) is 12.8 Å². The van der Waals surface area contributed by atoms with Gasteiger partial charge in [-0.2, -0.15) is 13.2 Å². The second-order valence-corrected chi connectivity index (χ2v) is 6.14. The Morgan fingerprint density at radius 1 is 1.08 bits per heavy atom. The zero-order valence-electron chi connectivity index (χ0n) is 13.3. The highest BCUT2D eigenvalue weighted by atomic mass is 32.1. The quantitative estimate of drug-likeness (QED) is 0.680. The van der Waals surface area contributed by atoms with Gasteiger partial charge in [-0.05, 0) is 29.8 Å². The van der Waals surface area contributed by atoms with Gasteiger partial charge in [0.1, 0.15) is 17.2 Å². The van der Waals surface area contributed by atoms with Crippen LogP contribution in [0.5, 0.6) is 5.75 Å². The molecule has 0 radical (unpaired) electrons. The summed E-state index contributed by atoms with van der Waals surface area (Å²) in [6.07, 6.45) is -4.66. The SMILES string of the molecule is O=C(Nc1ccc(OCc2ccccc2)cc1)c1scnc1C(F)(F)F. The lowest BCUT2D eigenvalue weighted by atomic mass is 10.2. The number of amides is 1. The second kappa shape index (κ2) is 7.57. The fraction of sp³-hybridized carbons (Fsp3) is 0.111. The van der Waals surface area contributed by atoms with Gasteiger partial charge in [0, 0.05) is 5.69 Å². The third-order valence-electron chi connectivity index (χ3n) is 3.40. The molecule has 0 bridgehead atoms. The molecule has 1 heterocycles. The predicted octanol–water partition coefficient (Wildman–Crippen LogP) is 4.99. The number of nitrogens with one attached hydrogen (secondary N) is 1. The molecule has 1 N–H and O–H groups in total. The minimum Gasteiger partial charge on any atom is -0.489 e. The first-order valence-electron chi connectivity index (χ1n) is 7.52. The summed E-state index contributed by atoms with van der Waals surface area (Å²) in [4.78, 5) is 14.8. The summed E-state index contributed by atoms with van der Waals surface area (Å²) in [6.45, 7) is 0.391. The summed E-state index contributed by atoms with van der Waals surface area (Å²) in [6, 6.07) is 16.0. The number of rotatable bonds is 5. The molecule has 0 aliphatic heterocycles. The van der Waals surface area contributed by atoms with E-state index in [1.807, 2.05) is 30.3 Å². The summed E-state index contributed by atoms with van der Waals surface area (Å²) in [7, 11) is 0. The van der Waals surface area contributed by atoms with Gasteiger partial charge in [-0.25, -0.2) is 4.98 Å². The lowest BCUT2D eigenvalue weighted by molar-refractivity contribution is -0.141. The monoisotopic (exact) mass is 378 g/mol. The van der Waals surface area contributed by atoms with Gasteiger partial charge in [0.05, 0.1) is 5.51 Å². The molecule has 3 rings (SSSR count). The summed E-state index contributed by atoms with van der Waals surface area (Å²) in [5.74, 6) is -0.265. The maximum atomic E-state index is 12.8. The largest absolute Gasteiger partial charge is 0.489 e.